The van der Waals surface area contributed by atoms with Crippen LogP contribution in [0.25, 0.3) is 6.08 Å². The summed E-state index contributed by atoms with van der Waals surface area (Å²) < 4.78 is 39.3. The van der Waals surface area contributed by atoms with Gasteiger partial charge in [-0.15, -0.1) is 13.2 Å². The Balaban J connectivity index is 2.79. The molecule has 1 aromatic rings. The Hall–Kier alpha value is -1.49. The van der Waals surface area contributed by atoms with Gasteiger partial charge in [0.2, 0.25) is 0 Å². The van der Waals surface area contributed by atoms with Gasteiger partial charge in [0.15, 0.2) is 0 Å². The van der Waals surface area contributed by atoms with Crippen molar-refractivity contribution in [2.45, 2.75) is 6.36 Å². The van der Waals surface area contributed by atoms with Gasteiger partial charge in [-0.3, -0.25) is 0 Å². The smallest absolute Gasteiger partial charge is 0.406 e. The normalized spacial score (nSPS) is 12.0. The summed E-state index contributed by atoms with van der Waals surface area (Å²) in [6.45, 7) is -0.162. The van der Waals surface area contributed by atoms with Crippen LogP contribution in [0.2, 0.25) is 0 Å². The molecule has 0 amide bonds. The van der Waals surface area contributed by atoms with E-state index in [9.17, 15) is 13.2 Å². The molecule has 5 heteroatoms. The molecule has 0 aromatic heterocycles. The maximum atomic E-state index is 11.8. The van der Waals surface area contributed by atoms with Crippen molar-refractivity contribution in [1.29, 1.82) is 0 Å². The zero-order valence-corrected chi connectivity index (χ0v) is 7.66. The second-order valence-electron chi connectivity index (χ2n) is 2.71. The summed E-state index contributed by atoms with van der Waals surface area (Å²) in [5.41, 5.74) is 0.533. The number of benzene rings is 1. The van der Waals surface area contributed by atoms with Crippen LogP contribution in [0.4, 0.5) is 13.2 Å². The lowest BCUT2D eigenvalue weighted by Crippen LogP contribution is -2.17. The van der Waals surface area contributed by atoms with Gasteiger partial charge in [0.1, 0.15) is 5.75 Å². The highest BCUT2D eigenvalue weighted by Gasteiger charge is 2.30. The van der Waals surface area contributed by atoms with Crippen LogP contribution in [-0.4, -0.2) is 18.1 Å². The number of hydrogen-bond acceptors (Lipinski definition) is 2. The molecule has 1 rings (SSSR count). The fourth-order valence-corrected chi connectivity index (χ4v) is 1.00. The number of aliphatic hydroxyl groups is 1. The van der Waals surface area contributed by atoms with E-state index in [2.05, 4.69) is 4.74 Å². The van der Waals surface area contributed by atoms with E-state index >= 15 is 0 Å². The van der Waals surface area contributed by atoms with Gasteiger partial charge in [-0.25, -0.2) is 0 Å². The zero-order chi connectivity index (χ0) is 11.3. The molecule has 0 heterocycles. The van der Waals surface area contributed by atoms with Crippen molar-refractivity contribution in [2.24, 2.45) is 0 Å². The first-order valence-corrected chi connectivity index (χ1v) is 4.14. The minimum Gasteiger partial charge on any atom is -0.406 e. The van der Waals surface area contributed by atoms with E-state index < -0.39 is 6.36 Å². The van der Waals surface area contributed by atoms with E-state index in [4.69, 9.17) is 5.11 Å². The predicted octanol–water partition coefficient (Wildman–Crippen LogP) is 2.59. The molecule has 1 N–H and O–H groups in total. The molecule has 0 unspecified atom stereocenters. The second kappa shape index (κ2) is 4.84. The second-order valence-corrected chi connectivity index (χ2v) is 2.71. The molecule has 0 aliphatic heterocycles. The molecule has 82 valence electrons. The fourth-order valence-electron chi connectivity index (χ4n) is 1.00. The third-order valence-electron chi connectivity index (χ3n) is 1.51. The van der Waals surface area contributed by atoms with E-state index in [1.54, 1.807) is 6.07 Å². The van der Waals surface area contributed by atoms with Crippen LogP contribution >= 0.6 is 0 Å². The number of aliphatic hydroxyl groups excluding tert-OH is 1. The molecule has 0 aliphatic carbocycles. The van der Waals surface area contributed by atoms with Gasteiger partial charge in [0.05, 0.1) is 6.61 Å². The average Bonchev–Trinajstić information content (AvgIpc) is 2.12. The van der Waals surface area contributed by atoms with Crippen LogP contribution in [0, 0.1) is 0 Å². The molecule has 0 atom stereocenters. The number of hydrogen-bond donors (Lipinski definition) is 1. The van der Waals surface area contributed by atoms with Gasteiger partial charge in [-0.05, 0) is 17.7 Å². The Bertz CT molecular complexity index is 345. The topological polar surface area (TPSA) is 29.5 Å². The summed E-state index contributed by atoms with van der Waals surface area (Å²) in [6.07, 6.45) is -1.75. The Morgan fingerprint density at radius 3 is 2.67 bits per heavy atom. The molecular weight excluding hydrogens is 209 g/mol. The Kier molecular flexibility index (Phi) is 3.74. The SMILES string of the molecule is OC/C=C/c1cccc(OC(F)(F)F)c1. The molecule has 0 radical (unpaired) electrons. The fraction of sp³-hybridized carbons (Fsp3) is 0.200. The molecule has 15 heavy (non-hydrogen) atoms. The van der Waals surface area contributed by atoms with E-state index in [1.807, 2.05) is 0 Å². The molecule has 0 saturated carbocycles. The van der Waals surface area contributed by atoms with Gasteiger partial charge in [-0.2, -0.15) is 0 Å². The van der Waals surface area contributed by atoms with Crippen molar-refractivity contribution in [3.05, 3.63) is 35.9 Å². The van der Waals surface area contributed by atoms with Crippen LogP contribution in [0.5, 0.6) is 5.75 Å². The summed E-state index contributed by atoms with van der Waals surface area (Å²) in [4.78, 5) is 0. The maximum Gasteiger partial charge on any atom is 0.573 e. The van der Waals surface area contributed by atoms with Gasteiger partial charge >= 0.3 is 6.36 Å². The van der Waals surface area contributed by atoms with Crippen LogP contribution < -0.4 is 4.74 Å². The van der Waals surface area contributed by atoms with E-state index in [-0.39, 0.29) is 12.4 Å². The number of halogens is 3. The van der Waals surface area contributed by atoms with Crippen molar-refractivity contribution in [1.82, 2.24) is 0 Å². The monoisotopic (exact) mass is 218 g/mol. The number of rotatable bonds is 3. The predicted molar refractivity (Wildman–Crippen MR) is 49.2 cm³/mol. The van der Waals surface area contributed by atoms with Gasteiger partial charge < -0.3 is 9.84 Å². The lowest BCUT2D eigenvalue weighted by molar-refractivity contribution is -0.274. The van der Waals surface area contributed by atoms with Crippen molar-refractivity contribution >= 4 is 6.08 Å². The van der Waals surface area contributed by atoms with Gasteiger partial charge in [0, 0.05) is 0 Å². The highest BCUT2D eigenvalue weighted by molar-refractivity contribution is 5.51. The summed E-state index contributed by atoms with van der Waals surface area (Å²) in [5, 5.41) is 8.49. The first-order chi connectivity index (χ1) is 7.01. The summed E-state index contributed by atoms with van der Waals surface area (Å²) >= 11 is 0. The van der Waals surface area contributed by atoms with Crippen molar-refractivity contribution in [3.8, 4) is 5.75 Å². The summed E-state index contributed by atoms with van der Waals surface area (Å²) in [6, 6.07) is 5.50. The van der Waals surface area contributed by atoms with E-state index in [0.29, 0.717) is 5.56 Å². The minimum absolute atomic E-state index is 0.162. The molecule has 0 aliphatic rings. The highest BCUT2D eigenvalue weighted by Crippen LogP contribution is 2.23. The maximum absolute atomic E-state index is 11.8. The molecule has 2 nitrogen and oxygen atoms in total. The molecule has 0 bridgehead atoms. The van der Waals surface area contributed by atoms with Crippen LogP contribution in [0.1, 0.15) is 5.56 Å². The van der Waals surface area contributed by atoms with Crippen LogP contribution in [0.3, 0.4) is 0 Å². The van der Waals surface area contributed by atoms with Crippen LogP contribution in [-0.2, 0) is 0 Å². The third kappa shape index (κ3) is 4.51. The summed E-state index contributed by atoms with van der Waals surface area (Å²) in [7, 11) is 0. The largest absolute Gasteiger partial charge is 0.573 e. The highest BCUT2D eigenvalue weighted by atomic mass is 19.4. The molecular formula is C10H9F3O2. The van der Waals surface area contributed by atoms with E-state index in [1.165, 1.54) is 30.4 Å². The molecule has 0 spiro atoms. The van der Waals surface area contributed by atoms with Crippen molar-refractivity contribution in [3.63, 3.8) is 0 Å². The summed E-state index contributed by atoms with van der Waals surface area (Å²) in [5.74, 6) is -0.275. The average molecular weight is 218 g/mol. The standard InChI is InChI=1S/C10H9F3O2/c11-10(12,13)15-9-5-1-3-8(7-9)4-2-6-14/h1-5,7,14H,6H2/b4-2+. The zero-order valence-electron chi connectivity index (χ0n) is 7.66. The van der Waals surface area contributed by atoms with E-state index in [0.717, 1.165) is 0 Å². The first kappa shape index (κ1) is 11.6. The van der Waals surface area contributed by atoms with Crippen molar-refractivity contribution < 1.29 is 23.0 Å². The van der Waals surface area contributed by atoms with Crippen molar-refractivity contribution in [2.75, 3.05) is 6.61 Å². The number of alkyl halides is 3. The van der Waals surface area contributed by atoms with Gasteiger partial charge in [-0.1, -0.05) is 24.3 Å². The number of ether oxygens (including phenoxy) is 1. The third-order valence-corrected chi connectivity index (χ3v) is 1.51. The first-order valence-electron chi connectivity index (χ1n) is 4.14. The quantitative estimate of drug-likeness (QED) is 0.844. The van der Waals surface area contributed by atoms with Gasteiger partial charge in [0.25, 0.3) is 0 Å². The molecule has 1 aromatic carbocycles. The minimum atomic E-state index is -4.68. The lowest BCUT2D eigenvalue weighted by atomic mass is 10.2. The Labute approximate surface area is 84.6 Å². The Morgan fingerprint density at radius 1 is 1.33 bits per heavy atom. The molecule has 0 saturated heterocycles. The lowest BCUT2D eigenvalue weighted by Gasteiger charge is -2.08. The Morgan fingerprint density at radius 2 is 2.07 bits per heavy atom. The van der Waals surface area contributed by atoms with Crippen LogP contribution in [0.15, 0.2) is 30.3 Å². The molecule has 0 fully saturated rings.